The number of hydrogen-bond acceptors (Lipinski definition) is 6. The van der Waals surface area contributed by atoms with Crippen molar-refractivity contribution in [2.24, 2.45) is 0 Å². The molecule has 22 heavy (non-hydrogen) atoms. The Morgan fingerprint density at radius 3 is 2.32 bits per heavy atom. The zero-order chi connectivity index (χ0) is 16.5. The molecule has 0 aliphatic rings. The van der Waals surface area contributed by atoms with Gasteiger partial charge >= 0.3 is 0 Å². The van der Waals surface area contributed by atoms with Crippen LogP contribution in [-0.4, -0.2) is 36.9 Å². The molecule has 0 saturated heterocycles. The van der Waals surface area contributed by atoms with E-state index < -0.39 is 15.1 Å². The molecule has 0 amide bonds. The Hall–Kier alpha value is -1.99. The number of halogens is 1. The van der Waals surface area contributed by atoms with E-state index in [1.807, 2.05) is 0 Å². The van der Waals surface area contributed by atoms with Gasteiger partial charge in [-0.05, 0) is 42.3 Å². The fourth-order valence-corrected chi connectivity index (χ4v) is 3.13. The minimum atomic E-state index is -3.57. The van der Waals surface area contributed by atoms with Crippen LogP contribution in [0.25, 0.3) is 0 Å². The molecule has 0 atom stereocenters. The number of rotatable bonds is 4. The molecule has 0 unspecified atom stereocenters. The lowest BCUT2D eigenvalue weighted by Gasteiger charge is -2.21. The molecule has 0 radical (unpaired) electrons. The average molecular weight is 340 g/mol. The van der Waals surface area contributed by atoms with Crippen LogP contribution in [0, 0.1) is 6.92 Å². The van der Waals surface area contributed by atoms with Crippen LogP contribution in [0.2, 0.25) is 0 Å². The number of aryl methyl sites for hydroxylation is 1. The van der Waals surface area contributed by atoms with Crippen molar-refractivity contribution in [2.75, 3.05) is 18.2 Å². The Bertz CT molecular complexity index is 823. The number of hydrogen-bond donors (Lipinski definition) is 0. The van der Waals surface area contributed by atoms with Gasteiger partial charge in [-0.3, -0.25) is 4.79 Å². The molecule has 1 aromatic heterocycles. The van der Waals surface area contributed by atoms with Crippen LogP contribution in [-0.2, 0) is 9.84 Å². The molecule has 0 fully saturated rings. The largest absolute Gasteiger partial charge is 0.312 e. The number of nitrogens with zero attached hydrogens (tertiary/aromatic N) is 3. The average Bonchev–Trinajstić information content (AvgIpc) is 2.45. The van der Waals surface area contributed by atoms with Gasteiger partial charge in [-0.25, -0.2) is 18.4 Å². The smallest absolute Gasteiger partial charge is 0.252 e. The zero-order valence-electron chi connectivity index (χ0n) is 12.2. The van der Waals surface area contributed by atoms with Gasteiger partial charge in [0.1, 0.15) is 0 Å². The molecule has 8 heteroatoms. The summed E-state index contributed by atoms with van der Waals surface area (Å²) < 4.78 is 24.1. The van der Waals surface area contributed by atoms with E-state index in [1.165, 1.54) is 6.07 Å². The van der Waals surface area contributed by atoms with Crippen molar-refractivity contribution in [1.29, 1.82) is 0 Å². The maximum Gasteiger partial charge on any atom is 0.252 e. The van der Waals surface area contributed by atoms with Crippen LogP contribution in [0.3, 0.4) is 0 Å². The van der Waals surface area contributed by atoms with Crippen LogP contribution in [0.15, 0.2) is 35.5 Å². The predicted octanol–water partition coefficient (Wildman–Crippen LogP) is 2.34. The summed E-state index contributed by atoms with van der Waals surface area (Å²) in [6, 6.07) is 4.53. The molecule has 0 saturated carbocycles. The third-order valence-corrected chi connectivity index (χ3v) is 4.46. The van der Waals surface area contributed by atoms with E-state index in [1.54, 1.807) is 43.4 Å². The highest BCUT2D eigenvalue weighted by Gasteiger charge is 2.22. The molecule has 0 bridgehead atoms. The van der Waals surface area contributed by atoms with Gasteiger partial charge < -0.3 is 4.90 Å². The molecule has 0 N–H and O–H groups in total. The Kier molecular flexibility index (Phi) is 4.48. The minimum Gasteiger partial charge on any atom is -0.312 e. The maximum atomic E-state index is 12.1. The summed E-state index contributed by atoms with van der Waals surface area (Å²) in [6.45, 7) is 1.69. The number of aromatic nitrogens is 2. The predicted molar refractivity (Wildman–Crippen MR) is 84.6 cm³/mol. The fraction of sp³-hybridized carbons (Fsp3) is 0.214. The van der Waals surface area contributed by atoms with Crippen molar-refractivity contribution < 1.29 is 13.2 Å². The molecule has 1 aromatic carbocycles. The Balaban J connectivity index is 2.70. The standard InChI is InChI=1S/C14H14ClN3O3S/c1-9-7-11(18(2)14-16-5-4-6-17-14)12(22(3,20)21)8-10(9)13(15)19/h4-8H,1-3H3. The minimum absolute atomic E-state index is 0.00273. The van der Waals surface area contributed by atoms with Gasteiger partial charge in [-0.1, -0.05) is 0 Å². The van der Waals surface area contributed by atoms with Crippen molar-refractivity contribution in [3.8, 4) is 0 Å². The molecule has 0 spiro atoms. The molecule has 2 rings (SSSR count). The summed E-state index contributed by atoms with van der Waals surface area (Å²) in [5.41, 5.74) is 1.12. The Morgan fingerprint density at radius 1 is 1.23 bits per heavy atom. The first kappa shape index (κ1) is 16.4. The molecule has 2 aromatic rings. The van der Waals surface area contributed by atoms with Crippen LogP contribution in [0.1, 0.15) is 15.9 Å². The summed E-state index contributed by atoms with van der Waals surface area (Å²) in [4.78, 5) is 21.2. The van der Waals surface area contributed by atoms with Gasteiger partial charge in [0.15, 0.2) is 9.84 Å². The van der Waals surface area contributed by atoms with Crippen LogP contribution < -0.4 is 4.90 Å². The molecule has 1 heterocycles. The first-order chi connectivity index (χ1) is 10.2. The molecular weight excluding hydrogens is 326 g/mol. The third-order valence-electron chi connectivity index (χ3n) is 3.13. The van der Waals surface area contributed by atoms with E-state index in [9.17, 15) is 13.2 Å². The van der Waals surface area contributed by atoms with E-state index in [4.69, 9.17) is 11.6 Å². The van der Waals surface area contributed by atoms with Crippen LogP contribution >= 0.6 is 11.6 Å². The van der Waals surface area contributed by atoms with Crippen molar-refractivity contribution in [3.63, 3.8) is 0 Å². The fourth-order valence-electron chi connectivity index (χ4n) is 2.02. The van der Waals surface area contributed by atoms with E-state index in [-0.39, 0.29) is 10.5 Å². The molecule has 116 valence electrons. The SMILES string of the molecule is Cc1cc(N(C)c2ncccn2)c(S(C)(=O)=O)cc1C(=O)Cl. The summed E-state index contributed by atoms with van der Waals surface area (Å²) >= 11 is 5.51. The van der Waals surface area contributed by atoms with Crippen LogP contribution in [0.5, 0.6) is 0 Å². The van der Waals surface area contributed by atoms with Gasteiger partial charge in [-0.15, -0.1) is 0 Å². The first-order valence-electron chi connectivity index (χ1n) is 6.27. The van der Waals surface area contributed by atoms with E-state index in [2.05, 4.69) is 9.97 Å². The monoisotopic (exact) mass is 339 g/mol. The maximum absolute atomic E-state index is 12.1. The second kappa shape index (κ2) is 6.02. The van der Waals surface area contributed by atoms with Gasteiger partial charge in [0, 0.05) is 31.3 Å². The van der Waals surface area contributed by atoms with E-state index >= 15 is 0 Å². The lowest BCUT2D eigenvalue weighted by Crippen LogP contribution is -2.17. The van der Waals surface area contributed by atoms with Crippen molar-refractivity contribution in [2.45, 2.75) is 11.8 Å². The highest BCUT2D eigenvalue weighted by atomic mass is 35.5. The molecular formula is C14H14ClN3O3S. The summed E-state index contributed by atoms with van der Waals surface area (Å²) in [7, 11) is -1.91. The van der Waals surface area contributed by atoms with Gasteiger partial charge in [0.25, 0.3) is 5.24 Å². The second-order valence-corrected chi connectivity index (χ2v) is 7.12. The third kappa shape index (κ3) is 3.26. The normalized spacial score (nSPS) is 11.3. The quantitative estimate of drug-likeness (QED) is 0.795. The summed E-state index contributed by atoms with van der Waals surface area (Å²) in [5.74, 6) is 0.344. The highest BCUT2D eigenvalue weighted by molar-refractivity contribution is 7.90. The Labute approximate surface area is 133 Å². The zero-order valence-corrected chi connectivity index (χ0v) is 13.8. The topological polar surface area (TPSA) is 80.2 Å². The van der Waals surface area contributed by atoms with E-state index in [0.717, 1.165) is 6.26 Å². The number of sulfone groups is 1. The number of benzene rings is 1. The van der Waals surface area contributed by atoms with Crippen molar-refractivity contribution >= 4 is 38.3 Å². The lowest BCUT2D eigenvalue weighted by atomic mass is 10.1. The Morgan fingerprint density at radius 2 is 1.82 bits per heavy atom. The lowest BCUT2D eigenvalue weighted by molar-refractivity contribution is 0.108. The van der Waals surface area contributed by atoms with E-state index in [0.29, 0.717) is 17.2 Å². The molecule has 6 nitrogen and oxygen atoms in total. The molecule has 0 aliphatic carbocycles. The highest BCUT2D eigenvalue weighted by Crippen LogP contribution is 2.31. The number of carbonyl (C=O) groups is 1. The van der Waals surface area contributed by atoms with Gasteiger partial charge in [0.05, 0.1) is 10.6 Å². The van der Waals surface area contributed by atoms with Crippen molar-refractivity contribution in [1.82, 2.24) is 9.97 Å². The number of anilines is 2. The summed E-state index contributed by atoms with van der Waals surface area (Å²) in [6.07, 6.45) is 4.19. The summed E-state index contributed by atoms with van der Waals surface area (Å²) in [5, 5.41) is -0.701. The number of carbonyl (C=O) groups excluding carboxylic acids is 1. The first-order valence-corrected chi connectivity index (χ1v) is 8.54. The van der Waals surface area contributed by atoms with Crippen molar-refractivity contribution in [3.05, 3.63) is 41.7 Å². The second-order valence-electron chi connectivity index (χ2n) is 4.79. The molecule has 0 aliphatic heterocycles. The van der Waals surface area contributed by atoms with Gasteiger partial charge in [0.2, 0.25) is 5.95 Å². The van der Waals surface area contributed by atoms with Crippen LogP contribution in [0.4, 0.5) is 11.6 Å². The van der Waals surface area contributed by atoms with Gasteiger partial charge in [-0.2, -0.15) is 0 Å².